The van der Waals surface area contributed by atoms with Crippen molar-refractivity contribution in [1.82, 2.24) is 9.55 Å². The summed E-state index contributed by atoms with van der Waals surface area (Å²) in [6, 6.07) is 7.98. The Morgan fingerprint density at radius 1 is 1.42 bits per heavy atom. The van der Waals surface area contributed by atoms with Crippen LogP contribution in [0.25, 0.3) is 11.0 Å². The molecule has 0 amide bonds. The van der Waals surface area contributed by atoms with Crippen molar-refractivity contribution < 1.29 is 4.21 Å². The first-order valence-electron chi connectivity index (χ1n) is 6.18. The third kappa shape index (κ3) is 2.24. The number of nitrogens with zero attached hydrogens (tertiary/aromatic N) is 2. The molecular weight excluding hydrogens is 278 g/mol. The highest BCUT2D eigenvalue weighted by atomic mass is 32.2. The highest BCUT2D eigenvalue weighted by Gasteiger charge is 2.21. The van der Waals surface area contributed by atoms with Gasteiger partial charge in [-0.2, -0.15) is 5.26 Å². The van der Waals surface area contributed by atoms with Crippen molar-refractivity contribution in [3.05, 3.63) is 28.5 Å². The number of aromatic amines is 1. The van der Waals surface area contributed by atoms with Gasteiger partial charge in [0.15, 0.2) is 4.77 Å². The molecule has 0 saturated carbocycles. The highest BCUT2D eigenvalue weighted by Crippen LogP contribution is 2.27. The zero-order valence-electron chi connectivity index (χ0n) is 10.3. The van der Waals surface area contributed by atoms with Crippen molar-refractivity contribution in [3.8, 4) is 6.07 Å². The summed E-state index contributed by atoms with van der Waals surface area (Å²) in [4.78, 5) is 3.18. The maximum atomic E-state index is 11.5. The maximum absolute atomic E-state index is 11.5. The number of hydrogen-bond acceptors (Lipinski definition) is 3. The number of nitrogens with one attached hydrogen (secondary N) is 1. The van der Waals surface area contributed by atoms with Crippen molar-refractivity contribution >= 4 is 34.1 Å². The van der Waals surface area contributed by atoms with Crippen LogP contribution < -0.4 is 0 Å². The molecule has 4 nitrogen and oxygen atoms in total. The molecule has 0 bridgehead atoms. The lowest BCUT2D eigenvalue weighted by Gasteiger charge is -2.23. The van der Waals surface area contributed by atoms with Crippen molar-refractivity contribution in [2.45, 2.75) is 18.9 Å². The van der Waals surface area contributed by atoms with Crippen LogP contribution in [0.1, 0.15) is 24.4 Å². The van der Waals surface area contributed by atoms with E-state index >= 15 is 0 Å². The summed E-state index contributed by atoms with van der Waals surface area (Å²) >= 11 is 5.39. The number of nitriles is 1. The Kier molecular flexibility index (Phi) is 3.25. The first-order valence-corrected chi connectivity index (χ1v) is 8.08. The minimum absolute atomic E-state index is 0.285. The number of benzene rings is 1. The van der Waals surface area contributed by atoms with Gasteiger partial charge in [0.25, 0.3) is 0 Å². The molecule has 1 aromatic carbocycles. The highest BCUT2D eigenvalue weighted by molar-refractivity contribution is 7.85. The fraction of sp³-hybridized carbons (Fsp3) is 0.385. The van der Waals surface area contributed by atoms with E-state index in [9.17, 15) is 4.21 Å². The van der Waals surface area contributed by atoms with Crippen LogP contribution in [0.5, 0.6) is 0 Å². The molecule has 0 atom stereocenters. The number of H-pyrrole nitrogens is 1. The lowest BCUT2D eigenvalue weighted by molar-refractivity contribution is 0.468. The molecule has 0 spiro atoms. The molecule has 1 N–H and O–H groups in total. The predicted molar refractivity (Wildman–Crippen MR) is 78.0 cm³/mol. The maximum Gasteiger partial charge on any atom is 0.178 e. The minimum Gasteiger partial charge on any atom is -0.331 e. The number of rotatable bonds is 1. The van der Waals surface area contributed by atoms with E-state index in [-0.39, 0.29) is 6.04 Å². The number of hydrogen-bond donors (Lipinski definition) is 1. The Morgan fingerprint density at radius 3 is 2.84 bits per heavy atom. The van der Waals surface area contributed by atoms with Gasteiger partial charge in [0.1, 0.15) is 0 Å². The Morgan fingerprint density at radius 2 is 2.16 bits per heavy atom. The summed E-state index contributed by atoms with van der Waals surface area (Å²) in [7, 11) is -0.679. The summed E-state index contributed by atoms with van der Waals surface area (Å²) in [5.74, 6) is 1.47. The van der Waals surface area contributed by atoms with Crippen molar-refractivity contribution in [2.24, 2.45) is 0 Å². The molecule has 0 unspecified atom stereocenters. The lowest BCUT2D eigenvalue weighted by atomic mass is 10.1. The van der Waals surface area contributed by atoms with E-state index in [2.05, 4.69) is 15.6 Å². The smallest absolute Gasteiger partial charge is 0.178 e. The number of imidazole rings is 1. The second kappa shape index (κ2) is 4.91. The fourth-order valence-corrected chi connectivity index (χ4v) is 4.22. The largest absolute Gasteiger partial charge is 0.331 e. The van der Waals surface area contributed by atoms with E-state index in [4.69, 9.17) is 17.5 Å². The van der Waals surface area contributed by atoms with Gasteiger partial charge in [0.2, 0.25) is 0 Å². The summed E-state index contributed by atoms with van der Waals surface area (Å²) in [6.45, 7) is 0. The molecule has 1 saturated heterocycles. The van der Waals surface area contributed by atoms with Crippen LogP contribution in [0.4, 0.5) is 0 Å². The van der Waals surface area contributed by atoms with Gasteiger partial charge >= 0.3 is 0 Å². The van der Waals surface area contributed by atoms with E-state index in [0.29, 0.717) is 10.3 Å². The van der Waals surface area contributed by atoms with Crippen LogP contribution in [0, 0.1) is 16.1 Å². The molecule has 1 fully saturated rings. The molecular formula is C13H13N3OS2. The van der Waals surface area contributed by atoms with Gasteiger partial charge in [-0.3, -0.25) is 4.21 Å². The summed E-state index contributed by atoms with van der Waals surface area (Å²) in [5, 5.41) is 9.00. The summed E-state index contributed by atoms with van der Waals surface area (Å²) in [6.07, 6.45) is 1.76. The van der Waals surface area contributed by atoms with Gasteiger partial charge in [-0.05, 0) is 43.3 Å². The molecule has 1 aromatic heterocycles. The standard InChI is InChI=1S/C13H13N3OS2/c14-8-9-1-2-11-12(7-9)16(13(18)15-11)10-3-5-19(17)6-4-10/h1-2,7,10H,3-6H2,(H,15,18). The Balaban J connectivity index is 2.12. The Hall–Kier alpha value is -1.45. The van der Waals surface area contributed by atoms with Crippen LogP contribution in [-0.4, -0.2) is 25.3 Å². The average Bonchev–Trinajstić information content (AvgIpc) is 2.75. The molecule has 6 heteroatoms. The topological polar surface area (TPSA) is 61.6 Å². The van der Waals surface area contributed by atoms with Crippen molar-refractivity contribution in [1.29, 1.82) is 5.26 Å². The first kappa shape index (κ1) is 12.6. The number of fused-ring (bicyclic) bond motifs is 1. The van der Waals surface area contributed by atoms with Crippen molar-refractivity contribution in [3.63, 3.8) is 0 Å². The van der Waals surface area contributed by atoms with Gasteiger partial charge in [0, 0.05) is 28.3 Å². The van der Waals surface area contributed by atoms with E-state index in [1.165, 1.54) is 0 Å². The van der Waals surface area contributed by atoms with Gasteiger partial charge in [0.05, 0.1) is 22.7 Å². The van der Waals surface area contributed by atoms with E-state index < -0.39 is 10.8 Å². The molecule has 19 heavy (non-hydrogen) atoms. The van der Waals surface area contributed by atoms with Crippen LogP contribution >= 0.6 is 12.2 Å². The Labute approximate surface area is 118 Å². The van der Waals surface area contributed by atoms with E-state index in [1.807, 2.05) is 12.1 Å². The molecule has 3 rings (SSSR count). The SMILES string of the molecule is N#Cc1ccc2[nH]c(=S)n(C3CCS(=O)CC3)c2c1. The monoisotopic (exact) mass is 291 g/mol. The molecule has 0 radical (unpaired) electrons. The van der Waals surface area contributed by atoms with Crippen molar-refractivity contribution in [2.75, 3.05) is 11.5 Å². The molecule has 98 valence electrons. The normalized spacial score (nSPS) is 23.3. The molecule has 0 aliphatic carbocycles. The Bertz CT molecular complexity index is 743. The van der Waals surface area contributed by atoms with Crippen LogP contribution in [0.3, 0.4) is 0 Å². The third-order valence-electron chi connectivity index (χ3n) is 3.57. The predicted octanol–water partition coefficient (Wildman–Crippen LogP) is 2.65. The number of aromatic nitrogens is 2. The van der Waals surface area contributed by atoms with Gasteiger partial charge in [-0.25, -0.2) is 0 Å². The lowest BCUT2D eigenvalue weighted by Crippen LogP contribution is -2.21. The average molecular weight is 291 g/mol. The molecule has 1 aliphatic heterocycles. The zero-order chi connectivity index (χ0) is 13.4. The molecule has 2 aromatic rings. The molecule has 2 heterocycles. The summed E-state index contributed by atoms with van der Waals surface area (Å²) in [5.41, 5.74) is 2.56. The molecule has 1 aliphatic rings. The van der Waals surface area contributed by atoms with Crippen LogP contribution in [0.15, 0.2) is 18.2 Å². The second-order valence-corrected chi connectivity index (χ2v) is 6.81. The van der Waals surface area contributed by atoms with Gasteiger partial charge in [-0.1, -0.05) is 0 Å². The summed E-state index contributed by atoms with van der Waals surface area (Å²) < 4.78 is 14.2. The quantitative estimate of drug-likeness (QED) is 0.822. The first-order chi connectivity index (χ1) is 9.19. The second-order valence-electron chi connectivity index (χ2n) is 4.72. The van der Waals surface area contributed by atoms with E-state index in [1.54, 1.807) is 6.07 Å². The van der Waals surface area contributed by atoms with E-state index in [0.717, 1.165) is 35.4 Å². The van der Waals surface area contributed by atoms with Gasteiger partial charge < -0.3 is 9.55 Å². The fourth-order valence-electron chi connectivity index (χ4n) is 2.59. The van der Waals surface area contributed by atoms with Crippen LogP contribution in [-0.2, 0) is 10.8 Å². The van der Waals surface area contributed by atoms with Crippen LogP contribution in [0.2, 0.25) is 0 Å². The van der Waals surface area contributed by atoms with Gasteiger partial charge in [-0.15, -0.1) is 0 Å². The minimum atomic E-state index is -0.679. The third-order valence-corrected chi connectivity index (χ3v) is 5.25. The zero-order valence-corrected chi connectivity index (χ0v) is 11.9.